The van der Waals surface area contributed by atoms with Crippen molar-refractivity contribution in [3.8, 4) is 0 Å². The molecule has 1 heterocycles. The largest absolute Gasteiger partial charge is 0.357 e. The minimum Gasteiger partial charge on any atom is -0.357 e. The zero-order valence-electron chi connectivity index (χ0n) is 11.2. The molecule has 1 rings (SSSR count). The molecule has 0 amide bonds. The minimum absolute atomic E-state index is 0.0791. The molecule has 0 radical (unpaired) electrons. The SMILES string of the molecule is CNc1ncc(S(=O)(=O)NCCC(C)(C)C)cn1. The van der Waals surface area contributed by atoms with E-state index < -0.39 is 10.0 Å². The van der Waals surface area contributed by atoms with E-state index in [1.165, 1.54) is 12.4 Å². The summed E-state index contributed by atoms with van der Waals surface area (Å²) >= 11 is 0. The first kappa shape index (κ1) is 14.8. The molecule has 0 aliphatic carbocycles. The van der Waals surface area contributed by atoms with Crippen LogP contribution in [-0.4, -0.2) is 32.0 Å². The van der Waals surface area contributed by atoms with Gasteiger partial charge in [-0.1, -0.05) is 20.8 Å². The summed E-state index contributed by atoms with van der Waals surface area (Å²) in [5.41, 5.74) is 0.0923. The van der Waals surface area contributed by atoms with Crippen molar-refractivity contribution in [1.29, 1.82) is 0 Å². The smallest absolute Gasteiger partial charge is 0.243 e. The second-order valence-corrected chi connectivity index (χ2v) is 6.97. The monoisotopic (exact) mass is 272 g/mol. The number of nitrogens with one attached hydrogen (secondary N) is 2. The molecule has 2 N–H and O–H groups in total. The van der Waals surface area contributed by atoms with Crippen LogP contribution in [0.15, 0.2) is 17.3 Å². The van der Waals surface area contributed by atoms with Gasteiger partial charge in [0.1, 0.15) is 4.90 Å². The molecule has 0 bridgehead atoms. The van der Waals surface area contributed by atoms with Crippen molar-refractivity contribution >= 4 is 16.0 Å². The summed E-state index contributed by atoms with van der Waals surface area (Å²) in [5, 5.41) is 2.73. The fourth-order valence-corrected chi connectivity index (χ4v) is 2.15. The lowest BCUT2D eigenvalue weighted by atomic mass is 9.93. The van der Waals surface area contributed by atoms with E-state index in [1.807, 2.05) is 0 Å². The van der Waals surface area contributed by atoms with E-state index in [0.717, 1.165) is 6.42 Å². The Morgan fingerprint density at radius 3 is 2.22 bits per heavy atom. The molecule has 0 aromatic carbocycles. The van der Waals surface area contributed by atoms with E-state index in [1.54, 1.807) is 7.05 Å². The number of sulfonamides is 1. The van der Waals surface area contributed by atoms with Crippen LogP contribution < -0.4 is 10.0 Å². The predicted octanol–water partition coefficient (Wildman–Crippen LogP) is 1.23. The molecular formula is C11H20N4O2S. The first-order valence-corrected chi connectivity index (χ1v) is 7.22. The molecule has 0 atom stereocenters. The van der Waals surface area contributed by atoms with E-state index in [0.29, 0.717) is 12.5 Å². The van der Waals surface area contributed by atoms with Gasteiger partial charge in [-0.3, -0.25) is 0 Å². The molecule has 0 fully saturated rings. The molecule has 0 aliphatic rings. The highest BCUT2D eigenvalue weighted by Gasteiger charge is 2.17. The number of hydrogen-bond acceptors (Lipinski definition) is 5. The van der Waals surface area contributed by atoms with Crippen LogP contribution in [0.25, 0.3) is 0 Å². The van der Waals surface area contributed by atoms with Gasteiger partial charge in [0.05, 0.1) is 12.4 Å². The molecular weight excluding hydrogens is 252 g/mol. The summed E-state index contributed by atoms with van der Waals surface area (Å²) in [7, 11) is -1.84. The van der Waals surface area contributed by atoms with Crippen LogP contribution in [0.5, 0.6) is 0 Å². The van der Waals surface area contributed by atoms with E-state index in [-0.39, 0.29) is 10.3 Å². The molecule has 6 nitrogen and oxygen atoms in total. The summed E-state index contributed by atoms with van der Waals surface area (Å²) in [5.74, 6) is 0.392. The molecule has 7 heteroatoms. The van der Waals surface area contributed by atoms with Crippen molar-refractivity contribution in [3.63, 3.8) is 0 Å². The highest BCUT2D eigenvalue weighted by molar-refractivity contribution is 7.89. The third-order valence-electron chi connectivity index (χ3n) is 2.33. The fraction of sp³-hybridized carbons (Fsp3) is 0.636. The fourth-order valence-electron chi connectivity index (χ4n) is 1.23. The molecule has 0 spiro atoms. The molecule has 0 saturated carbocycles. The Labute approximate surface area is 108 Å². The summed E-state index contributed by atoms with van der Waals surface area (Å²) in [6.45, 7) is 6.59. The summed E-state index contributed by atoms with van der Waals surface area (Å²) in [4.78, 5) is 7.84. The summed E-state index contributed by atoms with van der Waals surface area (Å²) < 4.78 is 26.4. The van der Waals surface area contributed by atoms with Crippen LogP contribution in [0.1, 0.15) is 27.2 Å². The molecule has 0 unspecified atom stereocenters. The van der Waals surface area contributed by atoms with Crippen molar-refractivity contribution in [2.75, 3.05) is 18.9 Å². The van der Waals surface area contributed by atoms with Crippen LogP contribution in [-0.2, 0) is 10.0 Å². The van der Waals surface area contributed by atoms with Gasteiger partial charge < -0.3 is 5.32 Å². The summed E-state index contributed by atoms with van der Waals surface area (Å²) in [6.07, 6.45) is 3.35. The van der Waals surface area contributed by atoms with Gasteiger partial charge in [-0.25, -0.2) is 23.1 Å². The third-order valence-corrected chi connectivity index (χ3v) is 3.74. The van der Waals surface area contributed by atoms with Crippen molar-refractivity contribution in [1.82, 2.24) is 14.7 Å². The molecule has 1 aromatic rings. The maximum Gasteiger partial charge on any atom is 0.243 e. The number of nitrogens with zero attached hydrogens (tertiary/aromatic N) is 2. The van der Waals surface area contributed by atoms with E-state index in [2.05, 4.69) is 40.8 Å². The maximum atomic E-state index is 11.9. The third kappa shape index (κ3) is 4.58. The first-order valence-electron chi connectivity index (χ1n) is 5.74. The lowest BCUT2D eigenvalue weighted by Crippen LogP contribution is -2.27. The average molecular weight is 272 g/mol. The van der Waals surface area contributed by atoms with Crippen LogP contribution in [0.3, 0.4) is 0 Å². The minimum atomic E-state index is -3.51. The van der Waals surface area contributed by atoms with Crippen molar-refractivity contribution < 1.29 is 8.42 Å². The van der Waals surface area contributed by atoms with Crippen LogP contribution >= 0.6 is 0 Å². The predicted molar refractivity (Wildman–Crippen MR) is 70.8 cm³/mol. The van der Waals surface area contributed by atoms with E-state index >= 15 is 0 Å². The zero-order chi connectivity index (χ0) is 13.8. The van der Waals surface area contributed by atoms with Gasteiger partial charge in [-0.05, 0) is 11.8 Å². The van der Waals surface area contributed by atoms with Crippen LogP contribution in [0, 0.1) is 5.41 Å². The number of anilines is 1. The zero-order valence-corrected chi connectivity index (χ0v) is 12.0. The molecule has 18 heavy (non-hydrogen) atoms. The van der Waals surface area contributed by atoms with E-state index in [4.69, 9.17) is 0 Å². The Morgan fingerprint density at radius 2 is 1.78 bits per heavy atom. The van der Waals surface area contributed by atoms with Gasteiger partial charge in [-0.2, -0.15) is 0 Å². The van der Waals surface area contributed by atoms with E-state index in [9.17, 15) is 8.42 Å². The first-order chi connectivity index (χ1) is 8.24. The topological polar surface area (TPSA) is 84.0 Å². The van der Waals surface area contributed by atoms with Gasteiger partial charge in [-0.15, -0.1) is 0 Å². The Kier molecular flexibility index (Phi) is 4.64. The van der Waals surface area contributed by atoms with Crippen LogP contribution in [0.4, 0.5) is 5.95 Å². The number of hydrogen-bond donors (Lipinski definition) is 2. The highest BCUT2D eigenvalue weighted by atomic mass is 32.2. The van der Waals surface area contributed by atoms with Gasteiger partial charge in [0.2, 0.25) is 16.0 Å². The number of aromatic nitrogens is 2. The highest BCUT2D eigenvalue weighted by Crippen LogP contribution is 2.17. The molecule has 0 saturated heterocycles. The van der Waals surface area contributed by atoms with Crippen LogP contribution in [0.2, 0.25) is 0 Å². The number of rotatable bonds is 5. The lowest BCUT2D eigenvalue weighted by molar-refractivity contribution is 0.378. The molecule has 0 aliphatic heterocycles. The standard InChI is InChI=1S/C11H20N4O2S/c1-11(2,3)5-6-15-18(16,17)9-7-13-10(12-4)14-8-9/h7-8,15H,5-6H2,1-4H3,(H,12,13,14). The second-order valence-electron chi connectivity index (χ2n) is 5.20. The summed E-state index contributed by atoms with van der Waals surface area (Å²) in [6, 6.07) is 0. The van der Waals surface area contributed by atoms with Gasteiger partial charge in [0, 0.05) is 13.6 Å². The maximum absolute atomic E-state index is 11.9. The van der Waals surface area contributed by atoms with Gasteiger partial charge in [0.25, 0.3) is 0 Å². The second kappa shape index (κ2) is 5.62. The van der Waals surface area contributed by atoms with Crippen molar-refractivity contribution in [2.45, 2.75) is 32.1 Å². The van der Waals surface area contributed by atoms with Gasteiger partial charge >= 0.3 is 0 Å². The quantitative estimate of drug-likeness (QED) is 0.842. The average Bonchev–Trinajstić information content (AvgIpc) is 2.27. The van der Waals surface area contributed by atoms with Gasteiger partial charge in [0.15, 0.2) is 0 Å². The Hall–Kier alpha value is -1.21. The normalized spacial score (nSPS) is 12.4. The Bertz CT molecular complexity index is 477. The Balaban J connectivity index is 2.68. The Morgan fingerprint density at radius 1 is 1.22 bits per heavy atom. The van der Waals surface area contributed by atoms with Crippen molar-refractivity contribution in [3.05, 3.63) is 12.4 Å². The lowest BCUT2D eigenvalue weighted by Gasteiger charge is -2.17. The van der Waals surface area contributed by atoms with Crippen molar-refractivity contribution in [2.24, 2.45) is 5.41 Å². The molecule has 1 aromatic heterocycles. The molecule has 102 valence electrons.